The average Bonchev–Trinajstić information content (AvgIpc) is 2.58. The molecule has 1 atom stereocenters. The third-order valence-corrected chi connectivity index (χ3v) is 3.57. The molecular weight excluding hydrogens is 242 g/mol. The zero-order valence-electron chi connectivity index (χ0n) is 11.1. The Morgan fingerprint density at radius 3 is 3.05 bits per heavy atom. The molecule has 19 heavy (non-hydrogen) atoms. The molecule has 1 aromatic heterocycles. The van der Waals surface area contributed by atoms with Crippen LogP contribution in [0.15, 0.2) is 23.0 Å². The van der Waals surface area contributed by atoms with Crippen LogP contribution in [-0.2, 0) is 7.05 Å². The molecule has 1 aliphatic rings. The Kier molecular flexibility index (Phi) is 2.62. The summed E-state index contributed by atoms with van der Waals surface area (Å²) in [6.07, 6.45) is 0.863. The van der Waals surface area contributed by atoms with Gasteiger partial charge in [0.25, 0.3) is 5.56 Å². The summed E-state index contributed by atoms with van der Waals surface area (Å²) in [6, 6.07) is 5.80. The van der Waals surface area contributed by atoms with Crippen molar-refractivity contribution < 1.29 is 4.74 Å². The highest BCUT2D eigenvalue weighted by atomic mass is 16.5. The van der Waals surface area contributed by atoms with Gasteiger partial charge in [0.05, 0.1) is 17.8 Å². The highest BCUT2D eigenvalue weighted by Crippen LogP contribution is 2.33. The molecule has 0 aliphatic carbocycles. The minimum absolute atomic E-state index is 0.117. The van der Waals surface area contributed by atoms with E-state index in [0.717, 1.165) is 23.0 Å². The number of fused-ring (bicyclic) bond motifs is 3. The number of hydrogen-bond acceptors (Lipinski definition) is 4. The van der Waals surface area contributed by atoms with Gasteiger partial charge in [-0.05, 0) is 25.1 Å². The lowest BCUT2D eigenvalue weighted by molar-refractivity contribution is 0.309. The minimum Gasteiger partial charge on any atom is -0.486 e. The third-order valence-electron chi connectivity index (χ3n) is 3.57. The van der Waals surface area contributed by atoms with Crippen LogP contribution < -0.4 is 21.3 Å². The van der Waals surface area contributed by atoms with E-state index in [9.17, 15) is 4.79 Å². The maximum absolute atomic E-state index is 12.3. The Labute approximate surface area is 111 Å². The number of pyridine rings is 1. The summed E-state index contributed by atoms with van der Waals surface area (Å²) >= 11 is 0. The van der Waals surface area contributed by atoms with E-state index >= 15 is 0 Å². The molecule has 1 aromatic carbocycles. The first-order valence-electron chi connectivity index (χ1n) is 6.39. The lowest BCUT2D eigenvalue weighted by Crippen LogP contribution is -2.21. The van der Waals surface area contributed by atoms with Crippen molar-refractivity contribution in [3.63, 3.8) is 0 Å². The molecule has 5 heteroatoms. The largest absolute Gasteiger partial charge is 0.486 e. The van der Waals surface area contributed by atoms with Gasteiger partial charge in [-0.1, -0.05) is 0 Å². The summed E-state index contributed by atoms with van der Waals surface area (Å²) in [5.74, 6) is 0.393. The van der Waals surface area contributed by atoms with Crippen molar-refractivity contribution in [2.75, 3.05) is 17.7 Å². The maximum Gasteiger partial charge on any atom is 0.295 e. The van der Waals surface area contributed by atoms with Gasteiger partial charge in [-0.25, -0.2) is 0 Å². The molecule has 2 heterocycles. The predicted molar refractivity (Wildman–Crippen MR) is 76.8 cm³/mol. The van der Waals surface area contributed by atoms with Gasteiger partial charge >= 0.3 is 0 Å². The second-order valence-electron chi connectivity index (χ2n) is 5.03. The number of nitrogens with zero attached hydrogens (tertiary/aromatic N) is 1. The summed E-state index contributed by atoms with van der Waals surface area (Å²) in [5, 5.41) is 4.29. The molecule has 0 fully saturated rings. The van der Waals surface area contributed by atoms with E-state index in [1.807, 2.05) is 12.1 Å². The summed E-state index contributed by atoms with van der Waals surface area (Å²) in [7, 11) is 1.75. The molecule has 1 unspecified atom stereocenters. The van der Waals surface area contributed by atoms with Crippen LogP contribution in [0.5, 0.6) is 5.75 Å². The minimum atomic E-state index is -0.117. The Hall–Kier alpha value is -2.17. The van der Waals surface area contributed by atoms with Crippen LogP contribution in [0.1, 0.15) is 13.3 Å². The number of aromatic nitrogens is 1. The normalized spacial score (nSPS) is 18.3. The fourth-order valence-electron chi connectivity index (χ4n) is 2.47. The zero-order valence-corrected chi connectivity index (χ0v) is 11.1. The van der Waals surface area contributed by atoms with Gasteiger partial charge in [0.2, 0.25) is 5.75 Å². The van der Waals surface area contributed by atoms with Crippen LogP contribution in [0.25, 0.3) is 10.9 Å². The summed E-state index contributed by atoms with van der Waals surface area (Å²) in [4.78, 5) is 12.3. The summed E-state index contributed by atoms with van der Waals surface area (Å²) < 4.78 is 7.24. The number of aryl methyl sites for hydroxylation is 1. The van der Waals surface area contributed by atoms with E-state index in [1.165, 1.54) is 0 Å². The van der Waals surface area contributed by atoms with Gasteiger partial charge in [-0.3, -0.25) is 4.79 Å². The topological polar surface area (TPSA) is 69.3 Å². The SMILES string of the molecule is CC1CCOc2c(c3cc(N)ccc3n(C)c2=O)N1. The van der Waals surface area contributed by atoms with Crippen LogP contribution in [-0.4, -0.2) is 17.2 Å². The van der Waals surface area contributed by atoms with Gasteiger partial charge < -0.3 is 20.4 Å². The van der Waals surface area contributed by atoms with Crippen molar-refractivity contribution in [3.05, 3.63) is 28.6 Å². The van der Waals surface area contributed by atoms with E-state index in [0.29, 0.717) is 18.0 Å². The van der Waals surface area contributed by atoms with E-state index < -0.39 is 0 Å². The number of rotatable bonds is 0. The van der Waals surface area contributed by atoms with Gasteiger partial charge in [-0.2, -0.15) is 0 Å². The maximum atomic E-state index is 12.3. The molecule has 1 aliphatic heterocycles. The summed E-state index contributed by atoms with van der Waals surface area (Å²) in [5.41, 5.74) is 8.03. The van der Waals surface area contributed by atoms with Gasteiger partial charge in [0.15, 0.2) is 0 Å². The molecule has 2 aromatic rings. The molecule has 3 N–H and O–H groups in total. The van der Waals surface area contributed by atoms with Gasteiger partial charge in [0.1, 0.15) is 0 Å². The molecule has 0 radical (unpaired) electrons. The molecule has 0 bridgehead atoms. The molecule has 0 saturated heterocycles. The van der Waals surface area contributed by atoms with Crippen LogP contribution in [0, 0.1) is 0 Å². The molecule has 0 saturated carbocycles. The van der Waals surface area contributed by atoms with Gasteiger partial charge in [0, 0.05) is 30.6 Å². The standard InChI is InChI=1S/C14H17N3O2/c1-8-5-6-19-13-12(16-8)10-7-9(15)3-4-11(10)17(2)14(13)18/h3-4,7-8,16H,5-6,15H2,1-2H3. The van der Waals surface area contributed by atoms with E-state index in [2.05, 4.69) is 12.2 Å². The lowest BCUT2D eigenvalue weighted by atomic mass is 10.1. The Balaban J connectivity index is 2.41. The quantitative estimate of drug-likeness (QED) is 0.707. The molecule has 0 spiro atoms. The van der Waals surface area contributed by atoms with Crippen molar-refractivity contribution in [2.24, 2.45) is 7.05 Å². The number of hydrogen-bond donors (Lipinski definition) is 2. The Morgan fingerprint density at radius 2 is 2.26 bits per heavy atom. The van der Waals surface area contributed by atoms with Crippen molar-refractivity contribution in [2.45, 2.75) is 19.4 Å². The van der Waals surface area contributed by atoms with Crippen molar-refractivity contribution >= 4 is 22.3 Å². The molecule has 100 valence electrons. The average molecular weight is 259 g/mol. The first-order chi connectivity index (χ1) is 9.08. The smallest absolute Gasteiger partial charge is 0.295 e. The first kappa shape index (κ1) is 11.9. The first-order valence-corrected chi connectivity index (χ1v) is 6.39. The van der Waals surface area contributed by atoms with Crippen molar-refractivity contribution in [1.82, 2.24) is 4.57 Å². The number of benzene rings is 1. The predicted octanol–water partition coefficient (Wildman–Crippen LogP) is 1.70. The fourth-order valence-corrected chi connectivity index (χ4v) is 2.47. The van der Waals surface area contributed by atoms with E-state index in [1.54, 1.807) is 17.7 Å². The Morgan fingerprint density at radius 1 is 1.47 bits per heavy atom. The number of nitrogens with one attached hydrogen (secondary N) is 1. The molecule has 0 amide bonds. The van der Waals surface area contributed by atoms with Crippen LogP contribution in [0.4, 0.5) is 11.4 Å². The lowest BCUT2D eigenvalue weighted by Gasteiger charge is -2.16. The van der Waals surface area contributed by atoms with Gasteiger partial charge in [-0.15, -0.1) is 0 Å². The van der Waals surface area contributed by atoms with E-state index in [-0.39, 0.29) is 11.6 Å². The number of nitrogen functional groups attached to an aromatic ring is 1. The second-order valence-corrected chi connectivity index (χ2v) is 5.03. The number of nitrogens with two attached hydrogens (primary N) is 1. The molecule has 5 nitrogen and oxygen atoms in total. The van der Waals surface area contributed by atoms with E-state index in [4.69, 9.17) is 10.5 Å². The zero-order chi connectivity index (χ0) is 13.6. The number of ether oxygens (including phenoxy) is 1. The third kappa shape index (κ3) is 1.82. The van der Waals surface area contributed by atoms with Crippen LogP contribution >= 0.6 is 0 Å². The molecule has 3 rings (SSSR count). The Bertz CT molecular complexity index is 706. The monoisotopic (exact) mass is 259 g/mol. The molecular formula is C14H17N3O2. The number of anilines is 2. The van der Waals surface area contributed by atoms with Crippen molar-refractivity contribution in [3.8, 4) is 5.75 Å². The second kappa shape index (κ2) is 4.19. The fraction of sp³-hybridized carbons (Fsp3) is 0.357. The van der Waals surface area contributed by atoms with Crippen molar-refractivity contribution in [1.29, 1.82) is 0 Å². The highest BCUT2D eigenvalue weighted by molar-refractivity contribution is 5.96. The highest BCUT2D eigenvalue weighted by Gasteiger charge is 2.21. The van der Waals surface area contributed by atoms with Crippen LogP contribution in [0.2, 0.25) is 0 Å². The summed E-state index contributed by atoms with van der Waals surface area (Å²) in [6.45, 7) is 2.62. The van der Waals surface area contributed by atoms with Crippen LogP contribution in [0.3, 0.4) is 0 Å².